The van der Waals surface area contributed by atoms with Gasteiger partial charge in [-0.3, -0.25) is 9.69 Å². The number of carbonyl (C=O) groups excluding carboxylic acids is 2. The van der Waals surface area contributed by atoms with Crippen LogP contribution in [-0.4, -0.2) is 70.9 Å². The van der Waals surface area contributed by atoms with Crippen molar-refractivity contribution >= 4 is 23.3 Å². The van der Waals surface area contributed by atoms with Crippen LogP contribution in [0, 0.1) is 19.8 Å². The number of para-hydroxylation sites is 1. The van der Waals surface area contributed by atoms with E-state index in [1.54, 1.807) is 36.9 Å². The number of ether oxygens (including phenoxy) is 1. The molecule has 0 fully saturated rings. The smallest absolute Gasteiger partial charge is 0.323 e. The van der Waals surface area contributed by atoms with Gasteiger partial charge in [-0.05, 0) is 45.5 Å². The summed E-state index contributed by atoms with van der Waals surface area (Å²) in [5.41, 5.74) is 2.92. The highest BCUT2D eigenvalue weighted by atomic mass is 16.5. The topological polar surface area (TPSA) is 120 Å². The Morgan fingerprint density at radius 3 is 2.59 bits per heavy atom. The highest BCUT2D eigenvalue weighted by Gasteiger charge is 2.34. The molecular formula is C29H37N5O5. The van der Waals surface area contributed by atoms with E-state index in [0.29, 0.717) is 47.2 Å². The van der Waals surface area contributed by atoms with Gasteiger partial charge in [0.25, 0.3) is 5.91 Å². The number of carbonyl (C=O) groups is 2. The van der Waals surface area contributed by atoms with Crippen LogP contribution in [0.15, 0.2) is 53.1 Å². The minimum absolute atomic E-state index is 0.0569. The predicted molar refractivity (Wildman–Crippen MR) is 149 cm³/mol. The summed E-state index contributed by atoms with van der Waals surface area (Å²) in [6.45, 7) is 8.89. The van der Waals surface area contributed by atoms with Crippen molar-refractivity contribution in [2.24, 2.45) is 5.92 Å². The number of fused-ring (bicyclic) bond motifs is 1. The van der Waals surface area contributed by atoms with Crippen LogP contribution in [0.1, 0.15) is 41.2 Å². The van der Waals surface area contributed by atoms with Crippen molar-refractivity contribution in [2.45, 2.75) is 46.4 Å². The average Bonchev–Trinajstić information content (AvgIpc) is 3.23. The Balaban J connectivity index is 1.64. The Morgan fingerprint density at radius 2 is 1.92 bits per heavy atom. The molecule has 0 spiro atoms. The lowest BCUT2D eigenvalue weighted by Gasteiger charge is -2.38. The van der Waals surface area contributed by atoms with Gasteiger partial charge in [0.1, 0.15) is 17.5 Å². The Morgan fingerprint density at radius 1 is 1.18 bits per heavy atom. The highest BCUT2D eigenvalue weighted by Crippen LogP contribution is 2.35. The molecule has 2 heterocycles. The largest absolute Gasteiger partial charge is 0.486 e. The van der Waals surface area contributed by atoms with Crippen LogP contribution >= 0.6 is 0 Å². The molecule has 0 unspecified atom stereocenters. The van der Waals surface area contributed by atoms with Crippen LogP contribution in [0.5, 0.6) is 5.75 Å². The number of hydrogen-bond acceptors (Lipinski definition) is 7. The molecule has 1 aliphatic rings. The van der Waals surface area contributed by atoms with Gasteiger partial charge in [-0.2, -0.15) is 0 Å². The molecule has 10 nitrogen and oxygen atoms in total. The number of aromatic nitrogens is 1. The second kappa shape index (κ2) is 12.3. The summed E-state index contributed by atoms with van der Waals surface area (Å²) in [6, 6.07) is 14.4. The van der Waals surface area contributed by atoms with Gasteiger partial charge in [0, 0.05) is 25.6 Å². The number of aliphatic hydroxyl groups is 1. The zero-order chi connectivity index (χ0) is 28.1. The van der Waals surface area contributed by atoms with E-state index in [1.165, 1.54) is 5.56 Å². The number of benzene rings is 2. The van der Waals surface area contributed by atoms with Gasteiger partial charge >= 0.3 is 6.03 Å². The van der Waals surface area contributed by atoms with E-state index in [1.807, 2.05) is 39.1 Å². The Hall–Kier alpha value is -3.89. The van der Waals surface area contributed by atoms with E-state index in [4.69, 9.17) is 9.26 Å². The van der Waals surface area contributed by atoms with Crippen molar-refractivity contribution in [1.29, 1.82) is 0 Å². The molecule has 1 aliphatic heterocycles. The van der Waals surface area contributed by atoms with E-state index in [-0.39, 0.29) is 30.6 Å². The van der Waals surface area contributed by atoms with Gasteiger partial charge in [-0.1, -0.05) is 48.5 Å². The van der Waals surface area contributed by atoms with Gasteiger partial charge in [-0.25, -0.2) is 4.79 Å². The molecule has 0 saturated heterocycles. The van der Waals surface area contributed by atoms with Gasteiger partial charge in [0.15, 0.2) is 11.5 Å². The molecular weight excluding hydrogens is 498 g/mol. The molecule has 3 N–H and O–H groups in total. The molecule has 39 heavy (non-hydrogen) atoms. The molecule has 4 rings (SSSR count). The summed E-state index contributed by atoms with van der Waals surface area (Å²) >= 11 is 0. The average molecular weight is 536 g/mol. The third-order valence-corrected chi connectivity index (χ3v) is 7.00. The van der Waals surface area contributed by atoms with E-state index in [2.05, 4.69) is 32.8 Å². The lowest BCUT2D eigenvalue weighted by Crippen LogP contribution is -2.49. The predicted octanol–water partition coefficient (Wildman–Crippen LogP) is 4.29. The van der Waals surface area contributed by atoms with Gasteiger partial charge in [0.2, 0.25) is 0 Å². The minimum atomic E-state index is -0.512. The van der Waals surface area contributed by atoms with Crippen LogP contribution < -0.4 is 15.4 Å². The maximum absolute atomic E-state index is 13.7. The zero-order valence-corrected chi connectivity index (χ0v) is 23.1. The standard InChI is InChI=1S/C29H37N5O5/c1-18-14-34(19(2)17-35)28(36)23-12-9-13-24(30-29(37)31-26-20(3)32-39-21(26)4)27(23)38-25(18)16-33(5)15-22-10-7-6-8-11-22/h6-13,18-19,25,35H,14-17H2,1-5H3,(H2,30,31,37)/t18-,19+,25+/m1/s1. The zero-order valence-electron chi connectivity index (χ0n) is 23.1. The summed E-state index contributed by atoms with van der Waals surface area (Å²) in [5.74, 6) is 0.473. The number of anilines is 2. The van der Waals surface area contributed by atoms with Gasteiger partial charge in [-0.15, -0.1) is 0 Å². The number of urea groups is 1. The Bertz CT molecular complexity index is 1270. The van der Waals surface area contributed by atoms with Crippen molar-refractivity contribution in [3.05, 3.63) is 71.1 Å². The maximum atomic E-state index is 13.7. The lowest BCUT2D eigenvalue weighted by atomic mass is 9.99. The van der Waals surface area contributed by atoms with E-state index >= 15 is 0 Å². The quantitative estimate of drug-likeness (QED) is 0.394. The van der Waals surface area contributed by atoms with Crippen LogP contribution in [0.25, 0.3) is 0 Å². The SMILES string of the molecule is Cc1noc(C)c1NC(=O)Nc1cccc2c1O[C@@H](CN(C)Cc1ccccc1)[C@H](C)CN([C@@H](C)CO)C2=O. The molecule has 0 radical (unpaired) electrons. The van der Waals surface area contributed by atoms with Crippen molar-refractivity contribution < 1.29 is 24.0 Å². The number of likely N-dealkylation sites (N-methyl/N-ethyl adjacent to an activating group) is 1. The fraction of sp³-hybridized carbons (Fsp3) is 0.414. The highest BCUT2D eigenvalue weighted by molar-refractivity contribution is 6.04. The summed E-state index contributed by atoms with van der Waals surface area (Å²) < 4.78 is 11.7. The van der Waals surface area contributed by atoms with Crippen molar-refractivity contribution in [3.8, 4) is 5.75 Å². The third-order valence-electron chi connectivity index (χ3n) is 7.00. The second-order valence-electron chi connectivity index (χ2n) is 10.3. The first-order valence-electron chi connectivity index (χ1n) is 13.1. The van der Waals surface area contributed by atoms with Crippen LogP contribution in [-0.2, 0) is 6.54 Å². The Kier molecular flexibility index (Phi) is 8.88. The molecule has 1 aromatic heterocycles. The van der Waals surface area contributed by atoms with Crippen LogP contribution in [0.3, 0.4) is 0 Å². The van der Waals surface area contributed by atoms with Crippen molar-refractivity contribution in [1.82, 2.24) is 15.0 Å². The van der Waals surface area contributed by atoms with Crippen molar-refractivity contribution in [2.75, 3.05) is 37.4 Å². The third kappa shape index (κ3) is 6.58. The number of nitrogens with one attached hydrogen (secondary N) is 2. The van der Waals surface area contributed by atoms with E-state index < -0.39 is 6.03 Å². The fourth-order valence-electron chi connectivity index (χ4n) is 4.76. The summed E-state index contributed by atoms with van der Waals surface area (Å²) in [6.07, 6.45) is -0.299. The fourth-order valence-corrected chi connectivity index (χ4v) is 4.76. The number of nitrogens with zero attached hydrogens (tertiary/aromatic N) is 3. The summed E-state index contributed by atoms with van der Waals surface area (Å²) in [4.78, 5) is 30.5. The number of rotatable bonds is 8. The molecule has 3 aromatic rings. The van der Waals surface area contributed by atoms with Crippen LogP contribution in [0.4, 0.5) is 16.2 Å². The molecule has 208 valence electrons. The molecule has 10 heteroatoms. The monoisotopic (exact) mass is 535 g/mol. The first-order valence-corrected chi connectivity index (χ1v) is 13.1. The van der Waals surface area contributed by atoms with E-state index in [9.17, 15) is 14.7 Å². The number of aliphatic hydroxyl groups excluding tert-OH is 1. The van der Waals surface area contributed by atoms with Gasteiger partial charge < -0.3 is 29.9 Å². The molecule has 0 bridgehead atoms. The number of hydrogen-bond donors (Lipinski definition) is 3. The van der Waals surface area contributed by atoms with Crippen LogP contribution in [0.2, 0.25) is 0 Å². The van der Waals surface area contributed by atoms with E-state index in [0.717, 1.165) is 6.54 Å². The molecule has 2 aromatic carbocycles. The summed E-state index contributed by atoms with van der Waals surface area (Å²) in [5, 5.41) is 19.4. The molecule has 3 amide bonds. The first-order chi connectivity index (χ1) is 18.7. The molecule has 0 aliphatic carbocycles. The normalized spacial score (nSPS) is 18.1. The number of aryl methyl sites for hydroxylation is 2. The minimum Gasteiger partial charge on any atom is -0.486 e. The van der Waals surface area contributed by atoms with Gasteiger partial charge in [0.05, 0.1) is 23.9 Å². The molecule has 0 saturated carbocycles. The number of amides is 3. The molecule has 3 atom stereocenters. The first kappa shape index (κ1) is 28.1. The Labute approximate surface area is 228 Å². The second-order valence-corrected chi connectivity index (χ2v) is 10.3. The summed E-state index contributed by atoms with van der Waals surface area (Å²) in [7, 11) is 2.03. The van der Waals surface area contributed by atoms with Crippen molar-refractivity contribution in [3.63, 3.8) is 0 Å². The maximum Gasteiger partial charge on any atom is 0.323 e. The lowest BCUT2D eigenvalue weighted by molar-refractivity contribution is 0.0343.